The number of nitrogens with one attached hydrogen (secondary N) is 1. The molecule has 0 aliphatic carbocycles. The Bertz CT molecular complexity index is 76.4. The Labute approximate surface area is 61.8 Å². The largest absolute Gasteiger partial charge is 0.379 e. The number of hydrogen-bond donors (Lipinski definition) is 2. The van der Waals surface area contributed by atoms with Gasteiger partial charge in [0, 0.05) is 11.1 Å². The fraction of sp³-hybridized carbons (Fsp3) is 0.750. The molecular formula is C4H9BrN2S. The molecule has 0 saturated heterocycles. The van der Waals surface area contributed by atoms with Crippen LogP contribution in [-0.2, 0) is 0 Å². The van der Waals surface area contributed by atoms with E-state index in [2.05, 4.69) is 15.9 Å². The third-order valence-electron chi connectivity index (χ3n) is 0.536. The molecule has 0 aliphatic heterocycles. The third-order valence-corrected chi connectivity index (χ3v) is 1.90. The first-order valence-corrected chi connectivity index (χ1v) is 4.41. The van der Waals surface area contributed by atoms with Gasteiger partial charge in [-0.1, -0.05) is 27.7 Å². The summed E-state index contributed by atoms with van der Waals surface area (Å²) in [5.74, 6) is 0.945. The topological polar surface area (TPSA) is 49.9 Å². The summed E-state index contributed by atoms with van der Waals surface area (Å²) >= 11 is 4.66. The average molecular weight is 197 g/mol. The van der Waals surface area contributed by atoms with Crippen molar-refractivity contribution in [3.8, 4) is 0 Å². The maximum absolute atomic E-state index is 6.80. The van der Waals surface area contributed by atoms with E-state index in [4.69, 9.17) is 11.1 Å². The van der Waals surface area contributed by atoms with Gasteiger partial charge in [0.1, 0.15) is 0 Å². The second-order valence-electron chi connectivity index (χ2n) is 1.26. The summed E-state index contributed by atoms with van der Waals surface area (Å²) in [5, 5.41) is 8.01. The fourth-order valence-corrected chi connectivity index (χ4v) is 1.40. The molecule has 0 aromatic rings. The number of alkyl halides is 1. The molecule has 0 radical (unpaired) electrons. The number of thioether (sulfide) groups is 1. The van der Waals surface area contributed by atoms with E-state index in [1.807, 2.05) is 0 Å². The molecule has 0 bridgehead atoms. The molecule has 0 aliphatic rings. The summed E-state index contributed by atoms with van der Waals surface area (Å²) in [6, 6.07) is 0. The van der Waals surface area contributed by atoms with Crippen LogP contribution in [0, 0.1) is 5.41 Å². The van der Waals surface area contributed by atoms with Gasteiger partial charge in [0.25, 0.3) is 0 Å². The van der Waals surface area contributed by atoms with Crippen molar-refractivity contribution < 1.29 is 0 Å². The van der Waals surface area contributed by atoms with Crippen LogP contribution in [-0.4, -0.2) is 16.3 Å². The predicted molar refractivity (Wildman–Crippen MR) is 42.8 cm³/mol. The van der Waals surface area contributed by atoms with Crippen LogP contribution in [0.3, 0.4) is 0 Å². The summed E-state index contributed by atoms with van der Waals surface area (Å²) in [6.45, 7) is 0. The quantitative estimate of drug-likeness (QED) is 0.311. The minimum Gasteiger partial charge on any atom is -0.379 e. The van der Waals surface area contributed by atoms with E-state index in [-0.39, 0.29) is 5.17 Å². The highest BCUT2D eigenvalue weighted by Crippen LogP contribution is 2.01. The molecule has 0 atom stereocenters. The zero-order valence-corrected chi connectivity index (χ0v) is 6.89. The van der Waals surface area contributed by atoms with E-state index in [0.29, 0.717) is 0 Å². The smallest absolute Gasteiger partial charge is 0.151 e. The zero-order chi connectivity index (χ0) is 6.41. The van der Waals surface area contributed by atoms with E-state index >= 15 is 0 Å². The molecular weight excluding hydrogens is 188 g/mol. The fourth-order valence-electron chi connectivity index (χ4n) is 0.237. The summed E-state index contributed by atoms with van der Waals surface area (Å²) in [7, 11) is 0. The van der Waals surface area contributed by atoms with Crippen molar-refractivity contribution in [3.63, 3.8) is 0 Å². The highest BCUT2D eigenvalue weighted by Gasteiger charge is 1.87. The van der Waals surface area contributed by atoms with Gasteiger partial charge in [-0.25, -0.2) is 0 Å². The molecule has 0 saturated carbocycles. The van der Waals surface area contributed by atoms with Gasteiger partial charge in [-0.2, -0.15) is 0 Å². The second-order valence-corrected chi connectivity index (χ2v) is 3.18. The Kier molecular flexibility index (Phi) is 5.64. The van der Waals surface area contributed by atoms with Crippen molar-refractivity contribution in [1.29, 1.82) is 5.41 Å². The van der Waals surface area contributed by atoms with Crippen LogP contribution in [0.1, 0.15) is 6.42 Å². The van der Waals surface area contributed by atoms with Gasteiger partial charge in [-0.3, -0.25) is 5.41 Å². The first-order valence-electron chi connectivity index (χ1n) is 2.30. The van der Waals surface area contributed by atoms with Crippen LogP contribution in [0.2, 0.25) is 0 Å². The van der Waals surface area contributed by atoms with Gasteiger partial charge in [0.15, 0.2) is 5.17 Å². The molecule has 0 fully saturated rings. The molecule has 0 aromatic heterocycles. The number of halogens is 1. The highest BCUT2D eigenvalue weighted by molar-refractivity contribution is 9.09. The van der Waals surface area contributed by atoms with Crippen molar-refractivity contribution in [2.45, 2.75) is 6.42 Å². The van der Waals surface area contributed by atoms with Gasteiger partial charge in [0.2, 0.25) is 0 Å². The van der Waals surface area contributed by atoms with Gasteiger partial charge in [-0.15, -0.1) is 0 Å². The minimum atomic E-state index is 0.214. The number of hydrogen-bond acceptors (Lipinski definition) is 2. The van der Waals surface area contributed by atoms with Crippen LogP contribution in [0.5, 0.6) is 0 Å². The van der Waals surface area contributed by atoms with E-state index in [1.54, 1.807) is 0 Å². The maximum atomic E-state index is 6.80. The molecule has 0 spiro atoms. The van der Waals surface area contributed by atoms with Crippen LogP contribution in [0.25, 0.3) is 0 Å². The molecule has 0 amide bonds. The summed E-state index contributed by atoms with van der Waals surface area (Å²) in [5.41, 5.74) is 5.06. The van der Waals surface area contributed by atoms with Crippen LogP contribution in [0.15, 0.2) is 0 Å². The van der Waals surface area contributed by atoms with Gasteiger partial charge < -0.3 is 5.73 Å². The Hall–Kier alpha value is 0.300. The normalized spacial score (nSPS) is 9.12. The average Bonchev–Trinajstić information content (AvgIpc) is 1.66. The lowest BCUT2D eigenvalue weighted by Crippen LogP contribution is -2.04. The van der Waals surface area contributed by atoms with Crippen molar-refractivity contribution in [2.75, 3.05) is 11.1 Å². The lowest BCUT2D eigenvalue weighted by Gasteiger charge is -1.92. The molecule has 2 nitrogen and oxygen atoms in total. The van der Waals surface area contributed by atoms with Crippen LogP contribution < -0.4 is 5.73 Å². The standard InChI is InChI=1S/C4H9BrN2S/c5-2-1-3-8-4(6)7/h1-3H2,(H3,6,7). The lowest BCUT2D eigenvalue weighted by molar-refractivity contribution is 1.14. The third kappa shape index (κ3) is 6.30. The van der Waals surface area contributed by atoms with E-state index in [0.717, 1.165) is 17.5 Å². The Morgan fingerprint density at radius 2 is 2.38 bits per heavy atom. The molecule has 48 valence electrons. The van der Waals surface area contributed by atoms with Crippen LogP contribution >= 0.6 is 27.7 Å². The first kappa shape index (κ1) is 8.30. The molecule has 0 rings (SSSR count). The highest BCUT2D eigenvalue weighted by atomic mass is 79.9. The molecule has 8 heavy (non-hydrogen) atoms. The monoisotopic (exact) mass is 196 g/mol. The van der Waals surface area contributed by atoms with Crippen LogP contribution in [0.4, 0.5) is 0 Å². The Morgan fingerprint density at radius 3 is 2.75 bits per heavy atom. The van der Waals surface area contributed by atoms with E-state index in [1.165, 1.54) is 11.8 Å². The van der Waals surface area contributed by atoms with Gasteiger partial charge >= 0.3 is 0 Å². The minimum absolute atomic E-state index is 0.214. The lowest BCUT2D eigenvalue weighted by atomic mass is 10.6. The molecule has 0 unspecified atom stereocenters. The molecule has 4 heteroatoms. The summed E-state index contributed by atoms with van der Waals surface area (Å²) < 4.78 is 0. The predicted octanol–water partition coefficient (Wildman–Crippen LogP) is 1.40. The van der Waals surface area contributed by atoms with Crippen molar-refractivity contribution in [3.05, 3.63) is 0 Å². The van der Waals surface area contributed by atoms with Crippen molar-refractivity contribution in [2.24, 2.45) is 5.73 Å². The first-order chi connectivity index (χ1) is 3.77. The van der Waals surface area contributed by atoms with Crippen molar-refractivity contribution in [1.82, 2.24) is 0 Å². The SMILES string of the molecule is N=C(N)SCCCBr. The maximum Gasteiger partial charge on any atom is 0.151 e. The summed E-state index contributed by atoms with van der Waals surface area (Å²) in [4.78, 5) is 0. The van der Waals surface area contributed by atoms with Gasteiger partial charge in [0.05, 0.1) is 0 Å². The molecule has 0 heterocycles. The Morgan fingerprint density at radius 1 is 1.75 bits per heavy atom. The number of nitrogens with two attached hydrogens (primary N) is 1. The van der Waals surface area contributed by atoms with Crippen molar-refractivity contribution >= 4 is 32.9 Å². The zero-order valence-electron chi connectivity index (χ0n) is 4.48. The van der Waals surface area contributed by atoms with Gasteiger partial charge in [-0.05, 0) is 6.42 Å². The Balaban J connectivity index is 2.82. The molecule has 0 aromatic carbocycles. The number of rotatable bonds is 3. The van der Waals surface area contributed by atoms with E-state index < -0.39 is 0 Å². The number of amidine groups is 1. The molecule has 3 N–H and O–H groups in total. The summed E-state index contributed by atoms with van der Waals surface area (Å²) in [6.07, 6.45) is 1.07. The second kappa shape index (κ2) is 5.44. The van der Waals surface area contributed by atoms with E-state index in [9.17, 15) is 0 Å².